The molecule has 1 N–H and O–H groups in total. The van der Waals surface area contributed by atoms with Gasteiger partial charge in [0, 0.05) is 13.2 Å². The summed E-state index contributed by atoms with van der Waals surface area (Å²) < 4.78 is 6.04. The van der Waals surface area contributed by atoms with Gasteiger partial charge < -0.3 is 14.7 Å². The van der Waals surface area contributed by atoms with E-state index in [1.54, 1.807) is 5.56 Å². The fourth-order valence-corrected chi connectivity index (χ4v) is 7.18. The van der Waals surface area contributed by atoms with Gasteiger partial charge in [0.15, 0.2) is 0 Å². The number of rotatable bonds is 6. The minimum Gasteiger partial charge on any atom is -0.508 e. The molecule has 0 aliphatic heterocycles. The predicted molar refractivity (Wildman–Crippen MR) is 115 cm³/mol. The molecule has 0 amide bonds. The number of hydrogen-bond acceptors (Lipinski definition) is 3. The molecule has 6 atom stereocenters. The molecule has 0 spiro atoms. The quantitative estimate of drug-likeness (QED) is 0.693. The van der Waals surface area contributed by atoms with Crippen LogP contribution in [0.3, 0.4) is 0 Å². The van der Waals surface area contributed by atoms with Crippen molar-refractivity contribution in [3.05, 3.63) is 29.3 Å². The van der Waals surface area contributed by atoms with Crippen molar-refractivity contribution < 1.29 is 9.84 Å². The fourth-order valence-electron chi connectivity index (χ4n) is 7.18. The van der Waals surface area contributed by atoms with Crippen molar-refractivity contribution in [2.24, 2.45) is 29.1 Å². The summed E-state index contributed by atoms with van der Waals surface area (Å²) >= 11 is 0. The summed E-state index contributed by atoms with van der Waals surface area (Å²) in [5.74, 6) is 4.31. The molecule has 1 aromatic rings. The third-order valence-corrected chi connectivity index (χ3v) is 8.53. The fraction of sp³-hybridized carbons (Fsp3) is 0.760. The van der Waals surface area contributed by atoms with E-state index in [4.69, 9.17) is 4.74 Å². The van der Waals surface area contributed by atoms with Gasteiger partial charge in [-0.2, -0.15) is 0 Å². The monoisotopic (exact) mass is 385 g/mol. The van der Waals surface area contributed by atoms with E-state index >= 15 is 0 Å². The van der Waals surface area contributed by atoms with Crippen LogP contribution in [0.15, 0.2) is 18.2 Å². The summed E-state index contributed by atoms with van der Waals surface area (Å²) in [7, 11) is 4.22. The molecule has 4 unspecified atom stereocenters. The molecule has 2 fully saturated rings. The van der Waals surface area contributed by atoms with Crippen LogP contribution < -0.4 is 0 Å². The molecule has 0 saturated heterocycles. The van der Waals surface area contributed by atoms with Crippen molar-refractivity contribution in [2.75, 3.05) is 33.9 Å². The van der Waals surface area contributed by atoms with E-state index in [0.717, 1.165) is 43.9 Å². The summed E-state index contributed by atoms with van der Waals surface area (Å²) in [6.45, 7) is 7.80. The highest BCUT2D eigenvalue weighted by Crippen LogP contribution is 2.64. The number of benzene rings is 1. The lowest BCUT2D eigenvalue weighted by Gasteiger charge is -2.52. The maximum absolute atomic E-state index is 9.88. The molecule has 28 heavy (non-hydrogen) atoms. The molecule has 3 nitrogen and oxygen atoms in total. The Kier molecular flexibility index (Phi) is 5.77. The highest BCUT2D eigenvalue weighted by atomic mass is 16.5. The Morgan fingerprint density at radius 3 is 2.82 bits per heavy atom. The lowest BCUT2D eigenvalue weighted by molar-refractivity contribution is -0.0111. The summed E-state index contributed by atoms with van der Waals surface area (Å²) in [4.78, 5) is 2.19. The molecule has 0 aromatic heterocycles. The lowest BCUT2D eigenvalue weighted by atomic mass is 9.53. The van der Waals surface area contributed by atoms with Gasteiger partial charge in [-0.3, -0.25) is 0 Å². The van der Waals surface area contributed by atoms with E-state index in [1.807, 2.05) is 12.1 Å². The van der Waals surface area contributed by atoms with E-state index in [0.29, 0.717) is 23.0 Å². The maximum Gasteiger partial charge on any atom is 0.115 e. The van der Waals surface area contributed by atoms with Crippen molar-refractivity contribution in [1.29, 1.82) is 0 Å². The second kappa shape index (κ2) is 7.99. The van der Waals surface area contributed by atoms with Gasteiger partial charge in [0.1, 0.15) is 5.75 Å². The van der Waals surface area contributed by atoms with Crippen LogP contribution in [0.5, 0.6) is 5.75 Å². The van der Waals surface area contributed by atoms with Gasteiger partial charge in [-0.25, -0.2) is 0 Å². The van der Waals surface area contributed by atoms with Gasteiger partial charge in [-0.1, -0.05) is 19.9 Å². The number of hydrogen-bond donors (Lipinski definition) is 1. The number of phenolic OH excluding ortho intramolecular Hbond substituents is 1. The van der Waals surface area contributed by atoms with Crippen molar-refractivity contribution in [3.8, 4) is 5.75 Å². The molecule has 0 heterocycles. The summed E-state index contributed by atoms with van der Waals surface area (Å²) in [6.07, 6.45) is 7.90. The molecule has 0 bridgehead atoms. The number of aryl methyl sites for hydroxylation is 1. The van der Waals surface area contributed by atoms with E-state index in [9.17, 15) is 5.11 Å². The van der Waals surface area contributed by atoms with E-state index in [2.05, 4.69) is 38.9 Å². The standard InChI is InChI=1S/C25H39NO2/c1-17(16-28-14-13-26(3)4)23-9-10-24-22-7-5-18-15-19(27)6-8-20(18)21(22)11-12-25(23,24)2/h6,8,15,17,21-24,27H,5,7,9-14,16H2,1-4H3/t17-,21?,22?,23-,24?,25?/m1/s1. The molecule has 3 heteroatoms. The topological polar surface area (TPSA) is 32.7 Å². The van der Waals surface area contributed by atoms with Crippen LogP contribution in [-0.2, 0) is 11.2 Å². The van der Waals surface area contributed by atoms with Crippen LogP contribution in [0.2, 0.25) is 0 Å². The Morgan fingerprint density at radius 2 is 2.04 bits per heavy atom. The third kappa shape index (κ3) is 3.61. The smallest absolute Gasteiger partial charge is 0.115 e. The molecule has 1 aromatic carbocycles. The molecule has 3 aliphatic carbocycles. The van der Waals surface area contributed by atoms with E-state index < -0.39 is 0 Å². The van der Waals surface area contributed by atoms with Crippen LogP contribution in [-0.4, -0.2) is 43.9 Å². The average Bonchev–Trinajstić information content (AvgIpc) is 3.01. The molecule has 156 valence electrons. The summed E-state index contributed by atoms with van der Waals surface area (Å²) in [5, 5.41) is 9.88. The largest absolute Gasteiger partial charge is 0.508 e. The van der Waals surface area contributed by atoms with Crippen molar-refractivity contribution in [2.45, 2.75) is 58.3 Å². The second-order valence-electron chi connectivity index (χ2n) is 10.4. The Hall–Kier alpha value is -1.06. The second-order valence-corrected chi connectivity index (χ2v) is 10.4. The van der Waals surface area contributed by atoms with Gasteiger partial charge in [-0.15, -0.1) is 0 Å². The van der Waals surface area contributed by atoms with Crippen molar-refractivity contribution in [1.82, 2.24) is 4.90 Å². The number of likely N-dealkylation sites (N-methyl/N-ethyl adjacent to an activating group) is 1. The first-order valence-corrected chi connectivity index (χ1v) is 11.4. The number of fused-ring (bicyclic) bond motifs is 5. The minimum atomic E-state index is 0.432. The molecule has 3 aliphatic rings. The lowest BCUT2D eigenvalue weighted by Crippen LogP contribution is -2.44. The van der Waals surface area contributed by atoms with Crippen LogP contribution in [0.25, 0.3) is 0 Å². The van der Waals surface area contributed by atoms with Gasteiger partial charge in [0.05, 0.1) is 6.61 Å². The number of phenols is 1. The first-order chi connectivity index (χ1) is 13.4. The molecule has 0 radical (unpaired) electrons. The average molecular weight is 386 g/mol. The number of aromatic hydroxyl groups is 1. The van der Waals surface area contributed by atoms with Crippen LogP contribution in [0, 0.1) is 29.1 Å². The van der Waals surface area contributed by atoms with Crippen molar-refractivity contribution in [3.63, 3.8) is 0 Å². The number of ether oxygens (including phenoxy) is 1. The van der Waals surface area contributed by atoms with E-state index in [1.165, 1.54) is 37.7 Å². The highest BCUT2D eigenvalue weighted by Gasteiger charge is 2.55. The van der Waals surface area contributed by atoms with Gasteiger partial charge >= 0.3 is 0 Å². The van der Waals surface area contributed by atoms with Crippen LogP contribution in [0.1, 0.15) is 63.0 Å². The van der Waals surface area contributed by atoms with Crippen LogP contribution >= 0.6 is 0 Å². The first kappa shape index (κ1) is 20.2. The Morgan fingerprint density at radius 1 is 1.21 bits per heavy atom. The minimum absolute atomic E-state index is 0.432. The van der Waals surface area contributed by atoms with Crippen molar-refractivity contribution >= 4 is 0 Å². The zero-order valence-electron chi connectivity index (χ0n) is 18.3. The normalized spacial score (nSPS) is 35.3. The number of nitrogens with zero attached hydrogens (tertiary/aromatic N) is 1. The summed E-state index contributed by atoms with van der Waals surface area (Å²) in [6, 6.07) is 6.14. The molecule has 4 rings (SSSR count). The highest BCUT2D eigenvalue weighted by molar-refractivity contribution is 5.40. The maximum atomic E-state index is 9.88. The SMILES string of the molecule is C[C@H](COCCN(C)C)[C@H]1CCC2C3CCc4cc(O)ccc4C3CCC21C. The molecular formula is C25H39NO2. The van der Waals surface area contributed by atoms with Gasteiger partial charge in [-0.05, 0) is 111 Å². The van der Waals surface area contributed by atoms with E-state index in [-0.39, 0.29) is 0 Å². The Balaban J connectivity index is 1.44. The third-order valence-electron chi connectivity index (χ3n) is 8.53. The molecule has 2 saturated carbocycles. The van der Waals surface area contributed by atoms with Gasteiger partial charge in [0.25, 0.3) is 0 Å². The van der Waals surface area contributed by atoms with Gasteiger partial charge in [0.2, 0.25) is 0 Å². The Labute approximate surface area is 171 Å². The zero-order valence-corrected chi connectivity index (χ0v) is 18.3. The zero-order chi connectivity index (χ0) is 19.9. The predicted octanol–water partition coefficient (Wildman–Crippen LogP) is 5.08. The summed E-state index contributed by atoms with van der Waals surface area (Å²) in [5.41, 5.74) is 3.43. The molecular weight excluding hydrogens is 346 g/mol. The Bertz CT molecular complexity index is 687. The van der Waals surface area contributed by atoms with Crippen LogP contribution in [0.4, 0.5) is 0 Å². The first-order valence-electron chi connectivity index (χ1n) is 11.4.